The Kier molecular flexibility index (Phi) is 5.28. The molecule has 1 aromatic rings. The van der Waals surface area contributed by atoms with E-state index in [0.717, 1.165) is 0 Å². The molecule has 0 saturated carbocycles. The highest BCUT2D eigenvalue weighted by molar-refractivity contribution is 5.94. The lowest BCUT2D eigenvalue weighted by Gasteiger charge is -2.26. The number of carbonyl (C=O) groups is 1. The van der Waals surface area contributed by atoms with Gasteiger partial charge in [0.05, 0.1) is 0 Å². The predicted octanol–water partition coefficient (Wildman–Crippen LogP) is 2.37. The van der Waals surface area contributed by atoms with E-state index < -0.39 is 0 Å². The summed E-state index contributed by atoms with van der Waals surface area (Å²) in [4.78, 5) is 14.0. The van der Waals surface area contributed by atoms with Crippen LogP contribution in [0.2, 0.25) is 0 Å². The maximum absolute atomic E-state index is 13.2. The highest BCUT2D eigenvalue weighted by Gasteiger charge is 2.18. The van der Waals surface area contributed by atoms with Crippen molar-refractivity contribution in [2.45, 2.75) is 33.2 Å². The zero-order valence-corrected chi connectivity index (χ0v) is 11.1. The van der Waals surface area contributed by atoms with E-state index >= 15 is 0 Å². The first-order chi connectivity index (χ1) is 8.47. The summed E-state index contributed by atoms with van der Waals surface area (Å²) < 4.78 is 13.2. The maximum atomic E-state index is 13.2. The monoisotopic (exact) mass is 253 g/mol. The quantitative estimate of drug-likeness (QED) is 0.875. The van der Waals surface area contributed by atoms with Gasteiger partial charge in [0, 0.05) is 24.8 Å². The molecule has 0 atom stereocenters. The maximum Gasteiger partial charge on any atom is 0.254 e. The van der Waals surface area contributed by atoms with Gasteiger partial charge in [0.25, 0.3) is 5.91 Å². The van der Waals surface area contributed by atoms with Crippen LogP contribution < -0.4 is 0 Å². The summed E-state index contributed by atoms with van der Waals surface area (Å²) in [5.41, 5.74) is 0.951. The summed E-state index contributed by atoms with van der Waals surface area (Å²) in [5.74, 6) is -0.431. The molecule has 1 rings (SSSR count). The third-order valence-corrected chi connectivity index (χ3v) is 2.85. The molecule has 0 spiro atoms. The van der Waals surface area contributed by atoms with Gasteiger partial charge in [-0.05, 0) is 51.0 Å². The van der Waals surface area contributed by atoms with Crippen molar-refractivity contribution < 1.29 is 14.3 Å². The average Bonchev–Trinajstić information content (AvgIpc) is 2.32. The predicted molar refractivity (Wildman–Crippen MR) is 69.0 cm³/mol. The number of aliphatic hydroxyl groups is 1. The van der Waals surface area contributed by atoms with Gasteiger partial charge in [0.15, 0.2) is 0 Å². The van der Waals surface area contributed by atoms with Crippen LogP contribution in [0.5, 0.6) is 0 Å². The Balaban J connectivity index is 2.91. The van der Waals surface area contributed by atoms with E-state index in [9.17, 15) is 9.18 Å². The Morgan fingerprint density at radius 1 is 1.44 bits per heavy atom. The molecule has 0 unspecified atom stereocenters. The number of carbonyl (C=O) groups excluding carboxylic acids is 1. The molecule has 4 heteroatoms. The lowest BCUT2D eigenvalue weighted by atomic mass is 10.1. The molecule has 0 aromatic heterocycles. The van der Waals surface area contributed by atoms with Crippen LogP contribution in [-0.2, 0) is 0 Å². The van der Waals surface area contributed by atoms with Crippen LogP contribution in [0.3, 0.4) is 0 Å². The van der Waals surface area contributed by atoms with Crippen molar-refractivity contribution in [1.82, 2.24) is 4.90 Å². The van der Waals surface area contributed by atoms with Gasteiger partial charge in [0.2, 0.25) is 0 Å². The first-order valence-electron chi connectivity index (χ1n) is 6.15. The van der Waals surface area contributed by atoms with Crippen molar-refractivity contribution in [2.24, 2.45) is 0 Å². The fraction of sp³-hybridized carbons (Fsp3) is 0.500. The van der Waals surface area contributed by atoms with Gasteiger partial charge in [-0.2, -0.15) is 0 Å². The largest absolute Gasteiger partial charge is 0.396 e. The van der Waals surface area contributed by atoms with Gasteiger partial charge in [-0.1, -0.05) is 0 Å². The molecule has 0 aliphatic rings. The van der Waals surface area contributed by atoms with Crippen molar-refractivity contribution in [2.75, 3.05) is 13.2 Å². The molecule has 18 heavy (non-hydrogen) atoms. The zero-order valence-electron chi connectivity index (χ0n) is 11.1. The number of aliphatic hydroxyl groups excluding tert-OH is 1. The summed E-state index contributed by atoms with van der Waals surface area (Å²) >= 11 is 0. The number of halogens is 1. The minimum atomic E-state index is -0.307. The lowest BCUT2D eigenvalue weighted by molar-refractivity contribution is 0.0693. The first-order valence-corrected chi connectivity index (χ1v) is 6.15. The van der Waals surface area contributed by atoms with Crippen LogP contribution in [0.25, 0.3) is 0 Å². The van der Waals surface area contributed by atoms with Crippen LogP contribution in [0.4, 0.5) is 4.39 Å². The number of hydrogen-bond acceptors (Lipinski definition) is 2. The van der Waals surface area contributed by atoms with Gasteiger partial charge in [-0.15, -0.1) is 0 Å². The third-order valence-electron chi connectivity index (χ3n) is 2.85. The molecule has 0 aliphatic carbocycles. The number of nitrogens with zero attached hydrogens (tertiary/aromatic N) is 1. The van der Waals surface area contributed by atoms with E-state index in [1.807, 2.05) is 13.8 Å². The van der Waals surface area contributed by atoms with Crippen LogP contribution in [-0.4, -0.2) is 35.1 Å². The topological polar surface area (TPSA) is 40.5 Å². The second-order valence-electron chi connectivity index (χ2n) is 4.63. The smallest absolute Gasteiger partial charge is 0.254 e. The van der Waals surface area contributed by atoms with Gasteiger partial charge < -0.3 is 10.0 Å². The van der Waals surface area contributed by atoms with E-state index in [0.29, 0.717) is 24.1 Å². The van der Waals surface area contributed by atoms with Gasteiger partial charge in [0.1, 0.15) is 5.82 Å². The van der Waals surface area contributed by atoms with E-state index in [1.54, 1.807) is 17.9 Å². The summed E-state index contributed by atoms with van der Waals surface area (Å²) in [6, 6.07) is 4.42. The van der Waals surface area contributed by atoms with Crippen LogP contribution >= 0.6 is 0 Å². The second-order valence-corrected chi connectivity index (χ2v) is 4.63. The molecule has 0 fully saturated rings. The highest BCUT2D eigenvalue weighted by atomic mass is 19.1. The molecule has 0 saturated heterocycles. The number of benzene rings is 1. The molecule has 1 N–H and O–H groups in total. The minimum absolute atomic E-state index is 0.0504. The van der Waals surface area contributed by atoms with Crippen LogP contribution in [0.15, 0.2) is 18.2 Å². The molecule has 100 valence electrons. The lowest BCUT2D eigenvalue weighted by Crippen LogP contribution is -2.38. The number of amides is 1. The molecule has 0 bridgehead atoms. The molecule has 1 aromatic carbocycles. The van der Waals surface area contributed by atoms with Crippen molar-refractivity contribution in [3.8, 4) is 0 Å². The fourth-order valence-electron chi connectivity index (χ4n) is 1.78. The Hall–Kier alpha value is -1.42. The summed E-state index contributed by atoms with van der Waals surface area (Å²) in [5, 5.41) is 8.84. The Morgan fingerprint density at radius 3 is 2.61 bits per heavy atom. The minimum Gasteiger partial charge on any atom is -0.396 e. The highest BCUT2D eigenvalue weighted by Crippen LogP contribution is 2.13. The molecular weight excluding hydrogens is 233 g/mol. The molecule has 1 amide bonds. The number of rotatable bonds is 5. The van der Waals surface area contributed by atoms with E-state index in [2.05, 4.69) is 0 Å². The standard InChI is InChI=1S/C14H20FNO2/c1-10(2)16(7-4-8-17)14(18)12-5-6-13(15)11(3)9-12/h5-6,9-10,17H,4,7-8H2,1-3H3. The van der Waals surface area contributed by atoms with E-state index in [1.165, 1.54) is 12.1 Å². The molecule has 0 radical (unpaired) electrons. The van der Waals surface area contributed by atoms with Crippen molar-refractivity contribution in [3.05, 3.63) is 35.1 Å². The van der Waals surface area contributed by atoms with E-state index in [-0.39, 0.29) is 24.4 Å². The van der Waals surface area contributed by atoms with Gasteiger partial charge >= 0.3 is 0 Å². The normalized spacial score (nSPS) is 10.8. The first kappa shape index (κ1) is 14.6. The summed E-state index contributed by atoms with van der Waals surface area (Å²) in [6.45, 7) is 6.04. The average molecular weight is 253 g/mol. The van der Waals surface area contributed by atoms with Crippen LogP contribution in [0.1, 0.15) is 36.2 Å². The zero-order chi connectivity index (χ0) is 13.7. The number of aryl methyl sites for hydroxylation is 1. The Morgan fingerprint density at radius 2 is 2.11 bits per heavy atom. The van der Waals surface area contributed by atoms with Crippen molar-refractivity contribution >= 4 is 5.91 Å². The molecular formula is C14H20FNO2. The summed E-state index contributed by atoms with van der Waals surface area (Å²) in [6.07, 6.45) is 0.546. The van der Waals surface area contributed by atoms with Crippen molar-refractivity contribution in [3.63, 3.8) is 0 Å². The SMILES string of the molecule is Cc1cc(C(=O)N(CCCO)C(C)C)ccc1F. The molecule has 0 aliphatic heterocycles. The molecule has 0 heterocycles. The molecule has 3 nitrogen and oxygen atoms in total. The fourth-order valence-corrected chi connectivity index (χ4v) is 1.78. The van der Waals surface area contributed by atoms with Gasteiger partial charge in [-0.25, -0.2) is 4.39 Å². The Labute approximate surface area is 107 Å². The number of hydrogen-bond donors (Lipinski definition) is 1. The second kappa shape index (κ2) is 6.50. The Bertz CT molecular complexity index is 418. The van der Waals surface area contributed by atoms with Crippen LogP contribution in [0, 0.1) is 12.7 Å². The van der Waals surface area contributed by atoms with Gasteiger partial charge in [-0.3, -0.25) is 4.79 Å². The third kappa shape index (κ3) is 3.53. The van der Waals surface area contributed by atoms with Crippen molar-refractivity contribution in [1.29, 1.82) is 0 Å². The van der Waals surface area contributed by atoms with E-state index in [4.69, 9.17) is 5.11 Å². The summed E-state index contributed by atoms with van der Waals surface area (Å²) in [7, 11) is 0.